The number of nitrogen functional groups attached to an aromatic ring is 1. The Morgan fingerprint density at radius 2 is 0.809 bits per heavy atom. The molecule has 3 N–H and O–H groups in total. The first kappa shape index (κ1) is 41.7. The van der Waals surface area contributed by atoms with Crippen LogP contribution in [0.3, 0.4) is 0 Å². The number of fused-ring (bicyclic) bond motifs is 2. The van der Waals surface area contributed by atoms with Crippen LogP contribution in [-0.4, -0.2) is 29.7 Å². The topological polar surface area (TPSA) is 119 Å². The number of hydrogen-bond acceptors (Lipinski definition) is 8. The van der Waals surface area contributed by atoms with E-state index in [1.807, 2.05) is 121 Å². The summed E-state index contributed by atoms with van der Waals surface area (Å²) in [6, 6.07) is 67.3. The summed E-state index contributed by atoms with van der Waals surface area (Å²) in [5, 5.41) is 7.69. The monoisotopic (exact) mass is 888 g/mol. The highest BCUT2D eigenvalue weighted by atomic mass is 16.2. The lowest BCUT2D eigenvalue weighted by Gasteiger charge is -2.29. The molecule has 0 aromatic heterocycles. The van der Waals surface area contributed by atoms with Crippen molar-refractivity contribution in [3.05, 3.63) is 206 Å². The van der Waals surface area contributed by atoms with Crippen LogP contribution in [0.5, 0.6) is 0 Å². The summed E-state index contributed by atoms with van der Waals surface area (Å²) < 4.78 is 0. The van der Waals surface area contributed by atoms with Gasteiger partial charge in [0.1, 0.15) is 6.04 Å². The van der Waals surface area contributed by atoms with Gasteiger partial charge in [-0.25, -0.2) is 4.90 Å². The number of nitrogens with two attached hydrogens (primary N) is 1. The minimum Gasteiger partial charge on any atom is -0.399 e. The van der Waals surface area contributed by atoms with Gasteiger partial charge in [-0.1, -0.05) is 84.9 Å². The Morgan fingerprint density at radius 1 is 0.412 bits per heavy atom. The van der Waals surface area contributed by atoms with E-state index in [0.29, 0.717) is 17.1 Å². The SMILES string of the molecule is Nc1ccc(-c2ccc(NC3CC(=O)N(c4ccc(N(c5ccc(N(c6ccc(N7C(=O)CCC7=O)cc6)c6ccc7ccccc7c6)cc5)c5ccc6ccccc6c5)cc4)C3=O)cc2)cc1. The molecule has 11 rings (SSSR count). The molecule has 0 radical (unpaired) electrons. The molecule has 0 spiro atoms. The lowest BCUT2D eigenvalue weighted by molar-refractivity contribution is -0.122. The fourth-order valence-electron chi connectivity index (χ4n) is 9.29. The fraction of sp³-hybridized carbons (Fsp3) is 0.0690. The smallest absolute Gasteiger partial charge is 0.256 e. The summed E-state index contributed by atoms with van der Waals surface area (Å²) in [7, 11) is 0. The zero-order chi connectivity index (χ0) is 46.3. The summed E-state index contributed by atoms with van der Waals surface area (Å²) >= 11 is 0. The Balaban J connectivity index is 0.902. The van der Waals surface area contributed by atoms with E-state index in [1.54, 1.807) is 0 Å². The second-order valence-corrected chi connectivity index (χ2v) is 17.1. The minimum atomic E-state index is -0.706. The maximum Gasteiger partial charge on any atom is 0.256 e. The van der Waals surface area contributed by atoms with Gasteiger partial charge < -0.3 is 20.9 Å². The summed E-state index contributed by atoms with van der Waals surface area (Å²) in [6.07, 6.45) is 0.473. The quantitative estimate of drug-likeness (QED) is 0.0973. The number of nitrogens with one attached hydrogen (secondary N) is 1. The van der Waals surface area contributed by atoms with Crippen LogP contribution >= 0.6 is 0 Å². The fourth-order valence-corrected chi connectivity index (χ4v) is 9.29. The first-order valence-corrected chi connectivity index (χ1v) is 22.6. The number of benzene rings is 9. The van der Waals surface area contributed by atoms with E-state index in [-0.39, 0.29) is 42.9 Å². The number of anilines is 10. The van der Waals surface area contributed by atoms with E-state index in [2.05, 4.69) is 100 Å². The second-order valence-electron chi connectivity index (χ2n) is 17.1. The number of imide groups is 2. The van der Waals surface area contributed by atoms with Crippen molar-refractivity contribution in [2.75, 3.05) is 30.7 Å². The van der Waals surface area contributed by atoms with Crippen LogP contribution in [-0.2, 0) is 19.2 Å². The number of amides is 4. The highest BCUT2D eigenvalue weighted by Crippen LogP contribution is 2.42. The van der Waals surface area contributed by atoms with Crippen LogP contribution in [0.15, 0.2) is 206 Å². The van der Waals surface area contributed by atoms with Crippen molar-refractivity contribution >= 4 is 102 Å². The van der Waals surface area contributed by atoms with Crippen LogP contribution in [0, 0.1) is 0 Å². The molecule has 2 aliphatic heterocycles. The Kier molecular flexibility index (Phi) is 10.7. The molecule has 1 unspecified atom stereocenters. The Bertz CT molecular complexity index is 3380. The summed E-state index contributed by atoms with van der Waals surface area (Å²) in [5.41, 5.74) is 15.7. The molecule has 2 aliphatic rings. The number of nitrogens with zero attached hydrogens (tertiary/aromatic N) is 4. The zero-order valence-electron chi connectivity index (χ0n) is 36.8. The summed E-state index contributed by atoms with van der Waals surface area (Å²) in [6.45, 7) is 0. The first-order chi connectivity index (χ1) is 33.2. The Hall–Kier alpha value is -9.02. The molecule has 2 saturated heterocycles. The van der Waals surface area contributed by atoms with Crippen LogP contribution in [0.2, 0.25) is 0 Å². The average Bonchev–Trinajstić information content (AvgIpc) is 3.86. The second kappa shape index (κ2) is 17.4. The largest absolute Gasteiger partial charge is 0.399 e. The maximum atomic E-state index is 13.9. The van der Waals surface area contributed by atoms with Gasteiger partial charge in [-0.15, -0.1) is 0 Å². The molecule has 2 heterocycles. The van der Waals surface area contributed by atoms with E-state index >= 15 is 0 Å². The van der Waals surface area contributed by atoms with Crippen molar-refractivity contribution < 1.29 is 19.2 Å². The van der Waals surface area contributed by atoms with E-state index in [1.165, 1.54) is 9.80 Å². The van der Waals surface area contributed by atoms with Gasteiger partial charge in [0, 0.05) is 58.3 Å². The van der Waals surface area contributed by atoms with E-state index in [0.717, 1.165) is 72.5 Å². The molecule has 0 bridgehead atoms. The van der Waals surface area contributed by atoms with Gasteiger partial charge in [-0.2, -0.15) is 0 Å². The standard InChI is InChI=1S/C58H44N6O4/c59-44-15-9-40(10-16-44)41-11-17-45(18-12-41)60-54-37-57(67)64(58(54)68)51-31-27-49(28-32-51)62(53-20-14-39-6-2-4-8-43(39)36-53)47-23-21-46(22-24-47)61(52-19-13-38-5-1-3-7-42(38)35-52)48-25-29-50(30-26-48)63-55(65)33-34-56(63)66/h1-32,35-36,54,60H,33-34,37,59H2. The minimum absolute atomic E-state index is 0.0357. The third-order valence-electron chi connectivity index (χ3n) is 12.7. The van der Waals surface area contributed by atoms with Gasteiger partial charge in [-0.3, -0.25) is 24.1 Å². The van der Waals surface area contributed by atoms with Gasteiger partial charge >= 0.3 is 0 Å². The number of rotatable bonds is 11. The molecule has 9 aromatic rings. The molecule has 0 saturated carbocycles. The Labute approximate surface area is 393 Å². The molecule has 330 valence electrons. The lowest BCUT2D eigenvalue weighted by atomic mass is 10.0. The van der Waals surface area contributed by atoms with Crippen molar-refractivity contribution in [1.82, 2.24) is 0 Å². The maximum absolute atomic E-state index is 13.9. The van der Waals surface area contributed by atoms with Gasteiger partial charge in [0.15, 0.2) is 0 Å². The first-order valence-electron chi connectivity index (χ1n) is 22.6. The van der Waals surface area contributed by atoms with Crippen molar-refractivity contribution in [2.45, 2.75) is 25.3 Å². The highest BCUT2D eigenvalue weighted by molar-refractivity contribution is 6.23. The summed E-state index contributed by atoms with van der Waals surface area (Å²) in [5.74, 6) is -0.965. The van der Waals surface area contributed by atoms with Gasteiger partial charge in [0.2, 0.25) is 17.7 Å². The molecular weight excluding hydrogens is 845 g/mol. The van der Waals surface area contributed by atoms with Crippen LogP contribution in [0.4, 0.5) is 56.9 Å². The normalized spacial score (nSPS) is 14.9. The van der Waals surface area contributed by atoms with Crippen molar-refractivity contribution in [3.8, 4) is 11.1 Å². The number of carbonyl (C=O) groups is 4. The van der Waals surface area contributed by atoms with E-state index < -0.39 is 6.04 Å². The van der Waals surface area contributed by atoms with Crippen molar-refractivity contribution in [3.63, 3.8) is 0 Å². The Morgan fingerprint density at radius 3 is 1.28 bits per heavy atom. The van der Waals surface area contributed by atoms with Crippen LogP contribution in [0.1, 0.15) is 19.3 Å². The zero-order valence-corrected chi connectivity index (χ0v) is 36.8. The number of carbonyl (C=O) groups excluding carboxylic acids is 4. The third-order valence-corrected chi connectivity index (χ3v) is 12.7. The molecule has 68 heavy (non-hydrogen) atoms. The molecule has 10 heteroatoms. The van der Waals surface area contributed by atoms with Gasteiger partial charge in [0.05, 0.1) is 17.8 Å². The molecule has 2 fully saturated rings. The average molecular weight is 889 g/mol. The highest BCUT2D eigenvalue weighted by Gasteiger charge is 2.39. The lowest BCUT2D eigenvalue weighted by Crippen LogP contribution is -2.34. The van der Waals surface area contributed by atoms with Gasteiger partial charge in [-0.05, 0) is 154 Å². The molecule has 0 aliphatic carbocycles. The van der Waals surface area contributed by atoms with Crippen LogP contribution in [0.25, 0.3) is 32.7 Å². The van der Waals surface area contributed by atoms with Gasteiger partial charge in [0.25, 0.3) is 5.91 Å². The predicted molar refractivity (Wildman–Crippen MR) is 273 cm³/mol. The van der Waals surface area contributed by atoms with Crippen molar-refractivity contribution in [1.29, 1.82) is 0 Å². The molecule has 10 nitrogen and oxygen atoms in total. The predicted octanol–water partition coefficient (Wildman–Crippen LogP) is 12.6. The molecule has 1 atom stereocenters. The molecule has 9 aromatic carbocycles. The molecule has 4 amide bonds. The van der Waals surface area contributed by atoms with E-state index in [9.17, 15) is 19.2 Å². The van der Waals surface area contributed by atoms with Crippen LogP contribution < -0.4 is 30.7 Å². The molecular formula is C58H44N6O4. The summed E-state index contributed by atoms with van der Waals surface area (Å²) in [4.78, 5) is 59.4. The van der Waals surface area contributed by atoms with Crippen molar-refractivity contribution in [2.24, 2.45) is 0 Å². The number of hydrogen-bond donors (Lipinski definition) is 2. The van der Waals surface area contributed by atoms with E-state index in [4.69, 9.17) is 5.73 Å². The third kappa shape index (κ3) is 7.94.